The molecule has 0 saturated heterocycles. The highest BCUT2D eigenvalue weighted by Crippen LogP contribution is 2.33. The van der Waals surface area contributed by atoms with E-state index in [0.29, 0.717) is 6.54 Å². The molecule has 0 aliphatic carbocycles. The molecule has 0 spiro atoms. The van der Waals surface area contributed by atoms with Crippen molar-refractivity contribution in [3.63, 3.8) is 0 Å². The Kier molecular flexibility index (Phi) is 4.07. The number of benzene rings is 2. The maximum Gasteiger partial charge on any atom is 0.259 e. The molecule has 1 aliphatic rings. The molecule has 112 valence electrons. The maximum absolute atomic E-state index is 12.7. The van der Waals surface area contributed by atoms with E-state index in [1.807, 2.05) is 61.5 Å². The second-order valence-electron chi connectivity index (χ2n) is 5.75. The third kappa shape index (κ3) is 2.81. The van der Waals surface area contributed by atoms with Crippen LogP contribution in [-0.4, -0.2) is 42.9 Å². The van der Waals surface area contributed by atoms with Gasteiger partial charge in [0.15, 0.2) is 0 Å². The van der Waals surface area contributed by atoms with E-state index in [1.54, 1.807) is 0 Å². The van der Waals surface area contributed by atoms with Gasteiger partial charge >= 0.3 is 0 Å². The summed E-state index contributed by atoms with van der Waals surface area (Å²) in [4.78, 5) is 16.7. The molecule has 0 bridgehead atoms. The van der Waals surface area contributed by atoms with Crippen molar-refractivity contribution in [2.75, 3.05) is 27.2 Å². The zero-order valence-electron chi connectivity index (χ0n) is 13.0. The number of rotatable bonds is 4. The van der Waals surface area contributed by atoms with Crippen LogP contribution in [0, 0.1) is 0 Å². The summed E-state index contributed by atoms with van der Waals surface area (Å²) in [6.45, 7) is 1.53. The molecular weight excluding hydrogens is 272 g/mol. The first kappa shape index (κ1) is 14.5. The van der Waals surface area contributed by atoms with Crippen molar-refractivity contribution in [2.24, 2.45) is 0 Å². The van der Waals surface area contributed by atoms with Gasteiger partial charge in [0.2, 0.25) is 0 Å². The second kappa shape index (κ2) is 6.16. The minimum atomic E-state index is 0.0969. The lowest BCUT2D eigenvalue weighted by molar-refractivity contribution is 0.0844. The molecule has 0 N–H and O–H groups in total. The standard InChI is InChI=1S/C19H20N2O/c1-20(2)12-13-21-18(14-15-8-4-3-5-9-15)16-10-6-7-11-17(16)19(21)22/h3-11,14H,12-13H2,1-2H3/b18-14-. The van der Waals surface area contributed by atoms with Crippen molar-refractivity contribution in [1.82, 2.24) is 9.80 Å². The van der Waals surface area contributed by atoms with E-state index in [2.05, 4.69) is 23.1 Å². The lowest BCUT2D eigenvalue weighted by atomic mass is 10.1. The summed E-state index contributed by atoms with van der Waals surface area (Å²) in [6.07, 6.45) is 2.10. The molecular formula is C19H20N2O. The minimum absolute atomic E-state index is 0.0969. The van der Waals surface area contributed by atoms with Crippen LogP contribution in [0.2, 0.25) is 0 Å². The fraction of sp³-hybridized carbons (Fsp3) is 0.211. The number of carbonyl (C=O) groups excluding carboxylic acids is 1. The number of nitrogens with zero attached hydrogens (tertiary/aromatic N) is 2. The van der Waals surface area contributed by atoms with Crippen molar-refractivity contribution < 1.29 is 4.79 Å². The molecule has 3 heteroatoms. The van der Waals surface area contributed by atoms with Crippen LogP contribution in [0.3, 0.4) is 0 Å². The third-order valence-electron chi connectivity index (χ3n) is 3.84. The fourth-order valence-electron chi connectivity index (χ4n) is 2.68. The zero-order chi connectivity index (χ0) is 15.5. The van der Waals surface area contributed by atoms with Gasteiger partial charge in [0, 0.05) is 24.2 Å². The van der Waals surface area contributed by atoms with E-state index >= 15 is 0 Å². The SMILES string of the molecule is CN(C)CCN1C(=O)c2ccccc2/C1=C/c1ccccc1. The van der Waals surface area contributed by atoms with Crippen LogP contribution in [0.15, 0.2) is 54.6 Å². The van der Waals surface area contributed by atoms with E-state index in [0.717, 1.165) is 28.9 Å². The van der Waals surface area contributed by atoms with Crippen LogP contribution >= 0.6 is 0 Å². The predicted octanol–water partition coefficient (Wildman–Crippen LogP) is 3.20. The first-order valence-electron chi connectivity index (χ1n) is 7.49. The molecule has 2 aromatic rings. The molecule has 1 heterocycles. The Morgan fingerprint density at radius 2 is 1.59 bits per heavy atom. The van der Waals surface area contributed by atoms with Crippen LogP contribution in [-0.2, 0) is 0 Å². The van der Waals surface area contributed by atoms with Gasteiger partial charge in [0.05, 0.1) is 5.70 Å². The fourth-order valence-corrected chi connectivity index (χ4v) is 2.68. The van der Waals surface area contributed by atoms with Gasteiger partial charge in [0.25, 0.3) is 5.91 Å². The van der Waals surface area contributed by atoms with Gasteiger partial charge in [-0.2, -0.15) is 0 Å². The van der Waals surface area contributed by atoms with Crippen LogP contribution in [0.4, 0.5) is 0 Å². The third-order valence-corrected chi connectivity index (χ3v) is 3.84. The lowest BCUT2D eigenvalue weighted by Gasteiger charge is -2.21. The van der Waals surface area contributed by atoms with Crippen molar-refractivity contribution in [1.29, 1.82) is 0 Å². The Morgan fingerprint density at radius 3 is 2.27 bits per heavy atom. The normalized spacial score (nSPS) is 15.7. The van der Waals surface area contributed by atoms with Crippen LogP contribution < -0.4 is 0 Å². The summed E-state index contributed by atoms with van der Waals surface area (Å²) < 4.78 is 0. The molecule has 22 heavy (non-hydrogen) atoms. The van der Waals surface area contributed by atoms with Crippen molar-refractivity contribution >= 4 is 17.7 Å². The first-order valence-corrected chi connectivity index (χ1v) is 7.49. The van der Waals surface area contributed by atoms with E-state index in [-0.39, 0.29) is 5.91 Å². The number of fused-ring (bicyclic) bond motifs is 1. The summed E-state index contributed by atoms with van der Waals surface area (Å²) >= 11 is 0. The van der Waals surface area contributed by atoms with Crippen LogP contribution in [0.25, 0.3) is 11.8 Å². The van der Waals surface area contributed by atoms with Crippen LogP contribution in [0.5, 0.6) is 0 Å². The Hall–Kier alpha value is -2.39. The Balaban J connectivity index is 2.02. The van der Waals surface area contributed by atoms with Crippen molar-refractivity contribution in [2.45, 2.75) is 0 Å². The van der Waals surface area contributed by atoms with Gasteiger partial charge in [-0.3, -0.25) is 4.79 Å². The second-order valence-corrected chi connectivity index (χ2v) is 5.75. The van der Waals surface area contributed by atoms with Gasteiger partial charge in [-0.15, -0.1) is 0 Å². The van der Waals surface area contributed by atoms with E-state index in [9.17, 15) is 4.79 Å². The molecule has 0 radical (unpaired) electrons. The molecule has 0 atom stereocenters. The molecule has 0 aromatic heterocycles. The lowest BCUT2D eigenvalue weighted by Crippen LogP contribution is -2.31. The molecule has 0 saturated carbocycles. The molecule has 1 aliphatic heterocycles. The Labute approximate surface area is 131 Å². The van der Waals surface area contributed by atoms with Gasteiger partial charge in [-0.25, -0.2) is 0 Å². The molecule has 0 unspecified atom stereocenters. The minimum Gasteiger partial charge on any atom is -0.308 e. The van der Waals surface area contributed by atoms with Gasteiger partial charge in [-0.1, -0.05) is 48.5 Å². The van der Waals surface area contributed by atoms with E-state index in [1.165, 1.54) is 0 Å². The van der Waals surface area contributed by atoms with Gasteiger partial charge in [-0.05, 0) is 31.8 Å². The summed E-state index contributed by atoms with van der Waals surface area (Å²) in [7, 11) is 4.04. The average molecular weight is 292 g/mol. The van der Waals surface area contributed by atoms with E-state index < -0.39 is 0 Å². The molecule has 3 rings (SSSR count). The summed E-state index contributed by atoms with van der Waals surface area (Å²) in [6, 6.07) is 18.0. The van der Waals surface area contributed by atoms with Crippen LogP contribution in [0.1, 0.15) is 21.5 Å². The number of hydrogen-bond donors (Lipinski definition) is 0. The average Bonchev–Trinajstić information content (AvgIpc) is 2.79. The quantitative estimate of drug-likeness (QED) is 0.864. The molecule has 3 nitrogen and oxygen atoms in total. The van der Waals surface area contributed by atoms with E-state index in [4.69, 9.17) is 0 Å². The predicted molar refractivity (Wildman–Crippen MR) is 90.3 cm³/mol. The van der Waals surface area contributed by atoms with Crippen molar-refractivity contribution in [3.8, 4) is 0 Å². The monoisotopic (exact) mass is 292 g/mol. The summed E-state index contributed by atoms with van der Waals surface area (Å²) in [5.41, 5.74) is 3.92. The summed E-state index contributed by atoms with van der Waals surface area (Å²) in [5, 5.41) is 0. The van der Waals surface area contributed by atoms with Gasteiger partial charge < -0.3 is 9.80 Å². The Bertz CT molecular complexity index is 704. The van der Waals surface area contributed by atoms with Gasteiger partial charge in [0.1, 0.15) is 0 Å². The Morgan fingerprint density at radius 1 is 0.955 bits per heavy atom. The maximum atomic E-state index is 12.7. The molecule has 0 fully saturated rings. The first-order chi connectivity index (χ1) is 10.7. The number of hydrogen-bond acceptors (Lipinski definition) is 2. The van der Waals surface area contributed by atoms with Crippen molar-refractivity contribution in [3.05, 3.63) is 71.3 Å². The highest BCUT2D eigenvalue weighted by molar-refractivity contribution is 6.11. The number of likely N-dealkylation sites (N-methyl/N-ethyl adjacent to an activating group) is 1. The largest absolute Gasteiger partial charge is 0.308 e. The molecule has 2 aromatic carbocycles. The highest BCUT2D eigenvalue weighted by Gasteiger charge is 2.31. The molecule has 1 amide bonds. The number of amides is 1. The highest BCUT2D eigenvalue weighted by atomic mass is 16.2. The summed E-state index contributed by atoms with van der Waals surface area (Å²) in [5.74, 6) is 0.0969. The zero-order valence-corrected chi connectivity index (χ0v) is 13.0. The smallest absolute Gasteiger partial charge is 0.259 e. The number of carbonyl (C=O) groups is 1. The topological polar surface area (TPSA) is 23.6 Å².